The number of sulfonamides is 1. The van der Waals surface area contributed by atoms with Crippen LogP contribution in [0.3, 0.4) is 0 Å². The summed E-state index contributed by atoms with van der Waals surface area (Å²) in [5.74, 6) is -2.33. The number of alkyl halides is 4. The summed E-state index contributed by atoms with van der Waals surface area (Å²) in [6.07, 6.45) is -4.20. The predicted octanol–water partition coefficient (Wildman–Crippen LogP) is 5.81. The summed E-state index contributed by atoms with van der Waals surface area (Å²) >= 11 is 7.30. The average molecular weight is 682 g/mol. The molecule has 12 nitrogen and oxygen atoms in total. The summed E-state index contributed by atoms with van der Waals surface area (Å²) in [6, 6.07) is 2.26. The Kier molecular flexibility index (Phi) is 9.75. The number of likely N-dealkylation sites (tertiary alicyclic amines) is 1. The van der Waals surface area contributed by atoms with E-state index in [0.29, 0.717) is 15.6 Å². The molecule has 0 saturated carbocycles. The number of anilines is 2. The fourth-order valence-electron chi connectivity index (χ4n) is 4.06. The van der Waals surface area contributed by atoms with Gasteiger partial charge >= 0.3 is 12.3 Å². The number of ether oxygens (including phenoxy) is 2. The largest absolute Gasteiger partial charge is 0.444 e. The lowest BCUT2D eigenvalue weighted by Gasteiger charge is -2.36. The minimum atomic E-state index is -4.96. The Labute approximate surface area is 259 Å². The van der Waals surface area contributed by atoms with Crippen LogP contribution in [0.4, 0.5) is 34.1 Å². The van der Waals surface area contributed by atoms with Crippen LogP contribution in [0.1, 0.15) is 32.2 Å². The van der Waals surface area contributed by atoms with Crippen LogP contribution in [0.5, 0.6) is 11.6 Å². The molecule has 0 aromatic carbocycles. The summed E-state index contributed by atoms with van der Waals surface area (Å²) in [5.41, 5.74) is -0.333. The Morgan fingerprint density at radius 2 is 1.93 bits per heavy atom. The molecule has 4 heterocycles. The Balaban J connectivity index is 1.49. The molecule has 1 aliphatic heterocycles. The van der Waals surface area contributed by atoms with Crippen molar-refractivity contribution in [1.29, 1.82) is 0 Å². The van der Waals surface area contributed by atoms with E-state index in [9.17, 15) is 30.8 Å². The van der Waals surface area contributed by atoms with Crippen LogP contribution in [0.25, 0.3) is 10.6 Å². The molecule has 44 heavy (non-hydrogen) atoms. The number of carbonyl (C=O) groups is 1. The number of hydrogen-bond donors (Lipinski definition) is 2. The molecule has 1 saturated heterocycles. The molecule has 2 N–H and O–H groups in total. The molecular formula is C25H28ClF4N7O5S2. The number of carbonyl (C=O) groups excluding carboxylic acids is 1. The molecule has 0 bridgehead atoms. The van der Waals surface area contributed by atoms with Gasteiger partial charge in [-0.25, -0.2) is 37.5 Å². The van der Waals surface area contributed by atoms with Crippen LogP contribution >= 0.6 is 22.9 Å². The second-order valence-corrected chi connectivity index (χ2v) is 14.1. The van der Waals surface area contributed by atoms with Crippen LogP contribution in [-0.2, 0) is 14.8 Å². The normalized spacial score (nSPS) is 17.7. The molecular weight excluding hydrogens is 654 g/mol. The van der Waals surface area contributed by atoms with Crippen molar-refractivity contribution in [2.45, 2.75) is 58.1 Å². The van der Waals surface area contributed by atoms with E-state index in [0.717, 1.165) is 12.3 Å². The zero-order valence-electron chi connectivity index (χ0n) is 23.8. The monoisotopic (exact) mass is 681 g/mol. The first-order chi connectivity index (χ1) is 20.4. The van der Waals surface area contributed by atoms with Crippen molar-refractivity contribution in [3.8, 4) is 22.2 Å². The molecule has 1 aliphatic rings. The summed E-state index contributed by atoms with van der Waals surface area (Å²) in [7, 11) is -4.80. The highest BCUT2D eigenvalue weighted by molar-refractivity contribution is 7.92. The van der Waals surface area contributed by atoms with Crippen molar-refractivity contribution in [2.24, 2.45) is 0 Å². The predicted molar refractivity (Wildman–Crippen MR) is 155 cm³/mol. The molecule has 0 spiro atoms. The van der Waals surface area contributed by atoms with E-state index in [1.165, 1.54) is 22.4 Å². The summed E-state index contributed by atoms with van der Waals surface area (Å²) in [5, 5.41) is 3.35. The van der Waals surface area contributed by atoms with E-state index in [1.54, 1.807) is 38.5 Å². The molecule has 2 atom stereocenters. The molecule has 4 rings (SSSR count). The maximum Gasteiger partial charge on any atom is 0.410 e. The van der Waals surface area contributed by atoms with Crippen LogP contribution in [-0.4, -0.2) is 82.2 Å². The van der Waals surface area contributed by atoms with Gasteiger partial charge in [-0.15, -0.1) is 11.3 Å². The van der Waals surface area contributed by atoms with Crippen molar-refractivity contribution in [1.82, 2.24) is 24.8 Å². The van der Waals surface area contributed by atoms with Gasteiger partial charge in [-0.2, -0.15) is 13.2 Å². The van der Waals surface area contributed by atoms with E-state index < -0.39 is 51.7 Å². The van der Waals surface area contributed by atoms with E-state index in [2.05, 4.69) is 25.3 Å². The lowest BCUT2D eigenvalue weighted by Crippen LogP contribution is -2.51. The number of amides is 1. The van der Waals surface area contributed by atoms with Gasteiger partial charge in [0.2, 0.25) is 21.9 Å². The zero-order valence-corrected chi connectivity index (χ0v) is 26.2. The number of aryl methyl sites for hydroxylation is 1. The fourth-order valence-corrected chi connectivity index (χ4v) is 6.09. The number of halogens is 5. The number of thiazole rings is 1. The van der Waals surface area contributed by atoms with Gasteiger partial charge in [0.1, 0.15) is 22.4 Å². The van der Waals surface area contributed by atoms with Gasteiger partial charge in [0.15, 0.2) is 11.6 Å². The summed E-state index contributed by atoms with van der Waals surface area (Å²) < 4.78 is 88.6. The SMILES string of the molecule is Cc1nc(Oc2cnc(NS(=O)(=O)CC(F)(F)F)c(Cl)c2)c(-c2ccnc(N[C@H]3C[C@H](F)CN(C(=O)OC(C)(C)C)C3)n2)s1. The van der Waals surface area contributed by atoms with E-state index in [-0.39, 0.29) is 42.1 Å². The fraction of sp³-hybridized carbons (Fsp3) is 0.480. The Morgan fingerprint density at radius 3 is 2.59 bits per heavy atom. The van der Waals surface area contributed by atoms with Crippen LogP contribution in [0.2, 0.25) is 5.02 Å². The van der Waals surface area contributed by atoms with E-state index >= 15 is 0 Å². The quantitative estimate of drug-likeness (QED) is 0.279. The van der Waals surface area contributed by atoms with Gasteiger partial charge in [0.05, 0.1) is 28.5 Å². The van der Waals surface area contributed by atoms with Gasteiger partial charge in [-0.1, -0.05) is 11.6 Å². The molecule has 19 heteroatoms. The number of hydrogen-bond acceptors (Lipinski definition) is 11. The number of nitrogens with zero attached hydrogens (tertiary/aromatic N) is 5. The molecule has 0 radical (unpaired) electrons. The molecule has 1 amide bonds. The first kappa shape index (κ1) is 33.4. The topological polar surface area (TPSA) is 149 Å². The van der Waals surface area contributed by atoms with Gasteiger partial charge < -0.3 is 19.7 Å². The lowest BCUT2D eigenvalue weighted by molar-refractivity contribution is -0.106. The minimum Gasteiger partial charge on any atom is -0.444 e. The third kappa shape index (κ3) is 9.49. The number of pyridine rings is 1. The standard InChI is InChI=1S/C25H28ClF4N7O5S2/c1-13-33-21(41-16-8-17(26)20(32-9-16)36-44(39,40)12-25(28,29)30)19(43-13)18-5-6-31-22(35-18)34-15-7-14(27)10-37(11-15)23(38)42-24(2,3)4/h5-6,8-9,14-15H,7,10-12H2,1-4H3,(H,32,36)(H,31,34,35)/t14-,15-/m0/s1. The molecule has 3 aromatic heterocycles. The Bertz CT molecular complexity index is 1620. The molecule has 3 aromatic rings. The minimum absolute atomic E-state index is 0.0196. The van der Waals surface area contributed by atoms with Crippen molar-refractivity contribution in [2.75, 3.05) is 28.9 Å². The second-order valence-electron chi connectivity index (χ2n) is 10.8. The van der Waals surface area contributed by atoms with Crippen molar-refractivity contribution < 1.29 is 40.2 Å². The molecule has 1 fully saturated rings. The first-order valence-electron chi connectivity index (χ1n) is 13.0. The number of aromatic nitrogens is 4. The van der Waals surface area contributed by atoms with E-state index in [1.807, 2.05) is 0 Å². The van der Waals surface area contributed by atoms with Crippen LogP contribution in [0.15, 0.2) is 24.5 Å². The highest BCUT2D eigenvalue weighted by atomic mass is 35.5. The van der Waals surface area contributed by atoms with Gasteiger partial charge in [0, 0.05) is 31.3 Å². The smallest absolute Gasteiger partial charge is 0.410 e. The van der Waals surface area contributed by atoms with Gasteiger partial charge in [-0.05, 0) is 33.8 Å². The summed E-state index contributed by atoms with van der Waals surface area (Å²) in [6.45, 7) is 6.98. The highest BCUT2D eigenvalue weighted by Gasteiger charge is 2.36. The summed E-state index contributed by atoms with van der Waals surface area (Å²) in [4.78, 5) is 31.1. The molecule has 0 aliphatic carbocycles. The average Bonchev–Trinajstić information content (AvgIpc) is 3.23. The number of rotatable bonds is 8. The van der Waals surface area contributed by atoms with Crippen molar-refractivity contribution in [3.63, 3.8) is 0 Å². The Hall–Kier alpha value is -3.51. The van der Waals surface area contributed by atoms with Crippen molar-refractivity contribution >= 4 is 50.8 Å². The highest BCUT2D eigenvalue weighted by Crippen LogP contribution is 2.38. The van der Waals surface area contributed by atoms with Crippen molar-refractivity contribution in [3.05, 3.63) is 34.6 Å². The molecule has 240 valence electrons. The lowest BCUT2D eigenvalue weighted by atomic mass is 10.0. The maximum atomic E-state index is 14.5. The van der Waals surface area contributed by atoms with Gasteiger partial charge in [-0.3, -0.25) is 4.72 Å². The zero-order chi connectivity index (χ0) is 32.4. The van der Waals surface area contributed by atoms with E-state index in [4.69, 9.17) is 21.1 Å². The first-order valence-corrected chi connectivity index (χ1v) is 15.8. The molecule has 0 unspecified atom stereocenters. The van der Waals surface area contributed by atoms with Crippen LogP contribution < -0.4 is 14.8 Å². The maximum absolute atomic E-state index is 14.5. The number of nitrogens with one attached hydrogen (secondary N) is 2. The second kappa shape index (κ2) is 12.8. The number of piperidine rings is 1. The third-order valence-corrected chi connectivity index (χ3v) is 8.09. The van der Waals surface area contributed by atoms with Gasteiger partial charge in [0.25, 0.3) is 0 Å². The Morgan fingerprint density at radius 1 is 1.20 bits per heavy atom. The van der Waals surface area contributed by atoms with Crippen LogP contribution in [0, 0.1) is 6.92 Å². The third-order valence-electron chi connectivity index (χ3n) is 5.61.